The highest BCUT2D eigenvalue weighted by atomic mass is 16.2. The molecule has 0 aromatic rings. The number of nitrogens with zero attached hydrogens (tertiary/aromatic N) is 1. The summed E-state index contributed by atoms with van der Waals surface area (Å²) in [6.07, 6.45) is 7.26. The van der Waals surface area contributed by atoms with Crippen LogP contribution in [0.4, 0.5) is 0 Å². The number of rotatable bonds is 3. The van der Waals surface area contributed by atoms with Crippen molar-refractivity contribution < 1.29 is 4.79 Å². The SMILES string of the molecule is CCNC1CCCN(C2CCCC2)C1=O. The maximum absolute atomic E-state index is 12.2. The van der Waals surface area contributed by atoms with Crippen LogP contribution in [0.25, 0.3) is 0 Å². The summed E-state index contributed by atoms with van der Waals surface area (Å²) in [4.78, 5) is 14.3. The fraction of sp³-hybridized carbons (Fsp3) is 0.917. The van der Waals surface area contributed by atoms with Gasteiger partial charge in [-0.15, -0.1) is 0 Å². The molecule has 2 rings (SSSR count). The second-order valence-corrected chi connectivity index (χ2v) is 4.72. The van der Waals surface area contributed by atoms with Gasteiger partial charge in [-0.2, -0.15) is 0 Å². The van der Waals surface area contributed by atoms with Gasteiger partial charge in [0, 0.05) is 12.6 Å². The first kappa shape index (κ1) is 10.9. The number of nitrogens with one attached hydrogen (secondary N) is 1. The van der Waals surface area contributed by atoms with E-state index in [4.69, 9.17) is 0 Å². The number of carbonyl (C=O) groups excluding carboxylic acids is 1. The average molecular weight is 210 g/mol. The summed E-state index contributed by atoms with van der Waals surface area (Å²) < 4.78 is 0. The number of carbonyl (C=O) groups is 1. The van der Waals surface area contributed by atoms with Crippen molar-refractivity contribution in [2.24, 2.45) is 0 Å². The lowest BCUT2D eigenvalue weighted by molar-refractivity contribution is -0.138. The first-order chi connectivity index (χ1) is 7.33. The van der Waals surface area contributed by atoms with Crippen LogP contribution in [0.5, 0.6) is 0 Å². The lowest BCUT2D eigenvalue weighted by atomic mass is 10.0. The Bertz CT molecular complexity index is 222. The average Bonchev–Trinajstić information content (AvgIpc) is 2.74. The van der Waals surface area contributed by atoms with E-state index in [1.165, 1.54) is 32.1 Å². The van der Waals surface area contributed by atoms with Crippen molar-refractivity contribution in [1.29, 1.82) is 0 Å². The van der Waals surface area contributed by atoms with Crippen LogP contribution in [0.2, 0.25) is 0 Å². The molecule has 2 aliphatic rings. The van der Waals surface area contributed by atoms with Crippen molar-refractivity contribution in [3.63, 3.8) is 0 Å². The second kappa shape index (κ2) is 4.97. The third kappa shape index (κ3) is 2.33. The zero-order valence-electron chi connectivity index (χ0n) is 9.67. The Kier molecular flexibility index (Phi) is 3.62. The van der Waals surface area contributed by atoms with Gasteiger partial charge in [-0.3, -0.25) is 4.79 Å². The number of hydrogen-bond acceptors (Lipinski definition) is 2. The predicted molar refractivity (Wildman–Crippen MR) is 60.7 cm³/mol. The minimum atomic E-state index is 0.101. The smallest absolute Gasteiger partial charge is 0.239 e. The lowest BCUT2D eigenvalue weighted by Gasteiger charge is -2.36. The summed E-state index contributed by atoms with van der Waals surface area (Å²) in [5.74, 6) is 0.356. The largest absolute Gasteiger partial charge is 0.338 e. The Morgan fingerprint density at radius 3 is 2.67 bits per heavy atom. The highest BCUT2D eigenvalue weighted by molar-refractivity contribution is 5.83. The molecule has 0 radical (unpaired) electrons. The lowest BCUT2D eigenvalue weighted by Crippen LogP contribution is -2.53. The van der Waals surface area contributed by atoms with E-state index in [-0.39, 0.29) is 6.04 Å². The van der Waals surface area contributed by atoms with Crippen molar-refractivity contribution in [3.05, 3.63) is 0 Å². The Hall–Kier alpha value is -0.570. The fourth-order valence-electron chi connectivity index (χ4n) is 2.91. The summed E-state index contributed by atoms with van der Waals surface area (Å²) in [7, 11) is 0. The molecule has 2 fully saturated rings. The number of amides is 1. The van der Waals surface area contributed by atoms with Crippen molar-refractivity contribution >= 4 is 5.91 Å². The fourth-order valence-corrected chi connectivity index (χ4v) is 2.91. The number of likely N-dealkylation sites (N-methyl/N-ethyl adjacent to an activating group) is 1. The predicted octanol–water partition coefficient (Wildman–Crippen LogP) is 1.53. The van der Waals surface area contributed by atoms with E-state index in [1.807, 2.05) is 0 Å². The van der Waals surface area contributed by atoms with Gasteiger partial charge in [-0.25, -0.2) is 0 Å². The van der Waals surface area contributed by atoms with Crippen molar-refractivity contribution in [2.75, 3.05) is 13.1 Å². The first-order valence-corrected chi connectivity index (χ1v) is 6.36. The molecular formula is C12H22N2O. The zero-order chi connectivity index (χ0) is 10.7. The molecule has 0 aromatic heterocycles. The molecule has 1 amide bonds. The molecule has 86 valence electrons. The van der Waals surface area contributed by atoms with Crippen LogP contribution in [0.1, 0.15) is 45.4 Å². The second-order valence-electron chi connectivity index (χ2n) is 4.72. The quantitative estimate of drug-likeness (QED) is 0.766. The van der Waals surface area contributed by atoms with Gasteiger partial charge >= 0.3 is 0 Å². The molecule has 1 N–H and O–H groups in total. The van der Waals surface area contributed by atoms with E-state index >= 15 is 0 Å². The third-order valence-electron chi connectivity index (χ3n) is 3.69. The maximum atomic E-state index is 12.2. The molecule has 3 heteroatoms. The van der Waals surface area contributed by atoms with Crippen LogP contribution in [0, 0.1) is 0 Å². The molecule has 1 saturated heterocycles. The van der Waals surface area contributed by atoms with E-state index in [2.05, 4.69) is 17.1 Å². The Balaban J connectivity index is 1.95. The molecule has 1 atom stereocenters. The Morgan fingerprint density at radius 2 is 2.00 bits per heavy atom. The van der Waals surface area contributed by atoms with Crippen LogP contribution >= 0.6 is 0 Å². The van der Waals surface area contributed by atoms with Crippen molar-refractivity contribution in [2.45, 2.75) is 57.5 Å². The molecule has 0 bridgehead atoms. The van der Waals surface area contributed by atoms with E-state index < -0.39 is 0 Å². The summed E-state index contributed by atoms with van der Waals surface area (Å²) in [5.41, 5.74) is 0. The standard InChI is InChI=1S/C12H22N2O/c1-2-13-11-8-5-9-14(12(11)15)10-6-3-4-7-10/h10-11,13H,2-9H2,1H3. The van der Waals surface area contributed by atoms with Crippen molar-refractivity contribution in [1.82, 2.24) is 10.2 Å². The normalized spacial score (nSPS) is 28.7. The molecule has 1 heterocycles. The highest BCUT2D eigenvalue weighted by Gasteiger charge is 2.33. The van der Waals surface area contributed by atoms with Crippen molar-refractivity contribution in [3.8, 4) is 0 Å². The van der Waals surface area contributed by atoms with Gasteiger partial charge < -0.3 is 10.2 Å². The molecule has 15 heavy (non-hydrogen) atoms. The first-order valence-electron chi connectivity index (χ1n) is 6.36. The molecule has 3 nitrogen and oxygen atoms in total. The summed E-state index contributed by atoms with van der Waals surface area (Å²) in [5, 5.41) is 3.30. The maximum Gasteiger partial charge on any atom is 0.239 e. The van der Waals surface area contributed by atoms with Gasteiger partial charge in [0.25, 0.3) is 0 Å². The van der Waals surface area contributed by atoms with Crippen LogP contribution in [0.3, 0.4) is 0 Å². The van der Waals surface area contributed by atoms with Gasteiger partial charge in [0.1, 0.15) is 0 Å². The number of likely N-dealkylation sites (tertiary alicyclic amines) is 1. The molecular weight excluding hydrogens is 188 g/mol. The van der Waals surface area contributed by atoms with Crippen LogP contribution < -0.4 is 5.32 Å². The summed E-state index contributed by atoms with van der Waals surface area (Å²) in [6.45, 7) is 3.96. The number of piperidine rings is 1. The van der Waals surface area contributed by atoms with Gasteiger partial charge in [-0.05, 0) is 32.2 Å². The topological polar surface area (TPSA) is 32.3 Å². The molecule has 0 spiro atoms. The number of hydrogen-bond donors (Lipinski definition) is 1. The van der Waals surface area contributed by atoms with Gasteiger partial charge in [0.05, 0.1) is 6.04 Å². The van der Waals surface area contributed by atoms with E-state index in [0.29, 0.717) is 11.9 Å². The van der Waals surface area contributed by atoms with Gasteiger partial charge in [0.15, 0.2) is 0 Å². The minimum absolute atomic E-state index is 0.101. The van der Waals surface area contributed by atoms with E-state index in [1.54, 1.807) is 0 Å². The van der Waals surface area contributed by atoms with Gasteiger partial charge in [0.2, 0.25) is 5.91 Å². The highest BCUT2D eigenvalue weighted by Crippen LogP contribution is 2.26. The molecule has 1 saturated carbocycles. The Morgan fingerprint density at radius 1 is 1.27 bits per heavy atom. The van der Waals surface area contributed by atoms with Crippen LogP contribution in [-0.4, -0.2) is 36.0 Å². The molecule has 1 aliphatic carbocycles. The molecule has 1 aliphatic heterocycles. The minimum Gasteiger partial charge on any atom is -0.338 e. The van der Waals surface area contributed by atoms with E-state index in [0.717, 1.165) is 19.5 Å². The van der Waals surface area contributed by atoms with Crippen LogP contribution in [-0.2, 0) is 4.79 Å². The molecule has 0 aromatic carbocycles. The van der Waals surface area contributed by atoms with Gasteiger partial charge in [-0.1, -0.05) is 19.8 Å². The zero-order valence-corrected chi connectivity index (χ0v) is 9.67. The summed E-state index contributed by atoms with van der Waals surface area (Å²) >= 11 is 0. The van der Waals surface area contributed by atoms with E-state index in [9.17, 15) is 4.79 Å². The summed E-state index contributed by atoms with van der Waals surface area (Å²) in [6, 6.07) is 0.656. The monoisotopic (exact) mass is 210 g/mol. The van der Waals surface area contributed by atoms with Crippen LogP contribution in [0.15, 0.2) is 0 Å². The molecule has 1 unspecified atom stereocenters. The Labute approximate surface area is 92.2 Å². The third-order valence-corrected chi connectivity index (χ3v) is 3.69.